The molecule has 0 unspecified atom stereocenters. The molecular formula is C11H10N6. The predicted molar refractivity (Wildman–Crippen MR) is 60.5 cm³/mol. The van der Waals surface area contributed by atoms with Crippen molar-refractivity contribution in [3.8, 4) is 5.69 Å². The SMILES string of the molecule is c1cc(Cn2cnnc2)cc(-n2cnnc2)c1. The van der Waals surface area contributed by atoms with Crippen LogP contribution in [0.15, 0.2) is 49.6 Å². The molecule has 0 atom stereocenters. The van der Waals surface area contributed by atoms with Gasteiger partial charge in [-0.1, -0.05) is 12.1 Å². The average molecular weight is 226 g/mol. The normalized spacial score (nSPS) is 10.6. The first-order chi connectivity index (χ1) is 8.42. The molecule has 0 saturated heterocycles. The van der Waals surface area contributed by atoms with E-state index in [9.17, 15) is 0 Å². The van der Waals surface area contributed by atoms with Crippen LogP contribution in [-0.4, -0.2) is 29.5 Å². The first kappa shape index (κ1) is 9.71. The van der Waals surface area contributed by atoms with Crippen molar-refractivity contribution in [3.63, 3.8) is 0 Å². The third kappa shape index (κ3) is 2.05. The molecule has 0 fully saturated rings. The van der Waals surface area contributed by atoms with Gasteiger partial charge in [0.15, 0.2) is 0 Å². The number of hydrogen-bond donors (Lipinski definition) is 0. The van der Waals surface area contributed by atoms with Crippen LogP contribution in [0.4, 0.5) is 0 Å². The Bertz CT molecular complexity index is 584. The highest BCUT2D eigenvalue weighted by Gasteiger charge is 1.99. The van der Waals surface area contributed by atoms with Crippen LogP contribution in [0.1, 0.15) is 5.56 Å². The Morgan fingerprint density at radius 2 is 1.59 bits per heavy atom. The minimum atomic E-state index is 0.753. The molecule has 6 heteroatoms. The van der Waals surface area contributed by atoms with E-state index in [-0.39, 0.29) is 0 Å². The number of aromatic nitrogens is 6. The van der Waals surface area contributed by atoms with Gasteiger partial charge < -0.3 is 4.57 Å². The second-order valence-corrected chi connectivity index (χ2v) is 3.67. The van der Waals surface area contributed by atoms with Crippen molar-refractivity contribution in [2.45, 2.75) is 6.54 Å². The zero-order valence-corrected chi connectivity index (χ0v) is 9.01. The van der Waals surface area contributed by atoms with Crippen molar-refractivity contribution in [1.29, 1.82) is 0 Å². The van der Waals surface area contributed by atoms with Gasteiger partial charge in [0.2, 0.25) is 0 Å². The van der Waals surface area contributed by atoms with Crippen LogP contribution in [0.2, 0.25) is 0 Å². The third-order valence-corrected chi connectivity index (χ3v) is 2.46. The molecular weight excluding hydrogens is 216 g/mol. The van der Waals surface area contributed by atoms with E-state index < -0.39 is 0 Å². The first-order valence-corrected chi connectivity index (χ1v) is 5.18. The highest BCUT2D eigenvalue weighted by atomic mass is 15.2. The molecule has 0 amide bonds. The third-order valence-electron chi connectivity index (χ3n) is 2.46. The molecule has 0 aliphatic carbocycles. The summed E-state index contributed by atoms with van der Waals surface area (Å²) in [5.41, 5.74) is 2.22. The topological polar surface area (TPSA) is 61.4 Å². The van der Waals surface area contributed by atoms with Crippen molar-refractivity contribution in [2.75, 3.05) is 0 Å². The fourth-order valence-electron chi connectivity index (χ4n) is 1.66. The lowest BCUT2D eigenvalue weighted by molar-refractivity contribution is 0.793. The molecule has 0 radical (unpaired) electrons. The molecule has 2 aromatic heterocycles. The summed E-state index contributed by atoms with van der Waals surface area (Å²) in [5, 5.41) is 15.1. The molecule has 0 aliphatic rings. The number of nitrogens with zero attached hydrogens (tertiary/aromatic N) is 6. The molecule has 0 N–H and O–H groups in total. The van der Waals surface area contributed by atoms with Crippen molar-refractivity contribution in [1.82, 2.24) is 29.5 Å². The predicted octanol–water partition coefficient (Wildman–Crippen LogP) is 0.907. The summed E-state index contributed by atoms with van der Waals surface area (Å²) in [6.07, 6.45) is 6.76. The first-order valence-electron chi connectivity index (χ1n) is 5.18. The maximum Gasteiger partial charge on any atom is 0.123 e. The van der Waals surface area contributed by atoms with Crippen LogP contribution in [0.3, 0.4) is 0 Å². The second kappa shape index (κ2) is 4.17. The lowest BCUT2D eigenvalue weighted by Crippen LogP contribution is -1.98. The summed E-state index contributed by atoms with van der Waals surface area (Å²) < 4.78 is 3.79. The van der Waals surface area contributed by atoms with Crippen molar-refractivity contribution in [3.05, 3.63) is 55.1 Å². The van der Waals surface area contributed by atoms with Crippen molar-refractivity contribution in [2.24, 2.45) is 0 Å². The van der Waals surface area contributed by atoms with Gasteiger partial charge in [-0.15, -0.1) is 20.4 Å². The van der Waals surface area contributed by atoms with Crippen LogP contribution >= 0.6 is 0 Å². The summed E-state index contributed by atoms with van der Waals surface area (Å²) in [4.78, 5) is 0. The van der Waals surface area contributed by atoms with Crippen molar-refractivity contribution >= 4 is 0 Å². The lowest BCUT2D eigenvalue weighted by Gasteiger charge is -2.05. The van der Waals surface area contributed by atoms with Crippen LogP contribution < -0.4 is 0 Å². The Morgan fingerprint density at radius 3 is 2.35 bits per heavy atom. The molecule has 17 heavy (non-hydrogen) atoms. The average Bonchev–Trinajstić information content (AvgIpc) is 3.01. The Labute approximate surface area is 97.6 Å². The summed E-state index contributed by atoms with van der Waals surface area (Å²) in [6.45, 7) is 0.753. The maximum atomic E-state index is 3.79. The van der Waals surface area contributed by atoms with Gasteiger partial charge in [0.1, 0.15) is 25.3 Å². The molecule has 84 valence electrons. The van der Waals surface area contributed by atoms with Crippen LogP contribution in [-0.2, 0) is 6.54 Å². The van der Waals surface area contributed by atoms with Crippen molar-refractivity contribution < 1.29 is 0 Å². The van der Waals surface area contributed by atoms with E-state index in [1.54, 1.807) is 25.3 Å². The van der Waals surface area contributed by atoms with E-state index in [2.05, 4.69) is 32.5 Å². The molecule has 0 bridgehead atoms. The fourth-order valence-corrected chi connectivity index (χ4v) is 1.66. The number of rotatable bonds is 3. The zero-order valence-electron chi connectivity index (χ0n) is 9.01. The van der Waals surface area contributed by atoms with Gasteiger partial charge in [-0.3, -0.25) is 4.57 Å². The fraction of sp³-hybridized carbons (Fsp3) is 0.0909. The molecule has 1 aromatic carbocycles. The van der Waals surface area contributed by atoms with Gasteiger partial charge in [-0.25, -0.2) is 0 Å². The smallest absolute Gasteiger partial charge is 0.123 e. The van der Waals surface area contributed by atoms with E-state index >= 15 is 0 Å². The van der Waals surface area contributed by atoms with Gasteiger partial charge in [-0.05, 0) is 17.7 Å². The van der Waals surface area contributed by atoms with Gasteiger partial charge in [-0.2, -0.15) is 0 Å². The number of benzene rings is 1. The van der Waals surface area contributed by atoms with Gasteiger partial charge in [0.05, 0.1) is 6.54 Å². The largest absolute Gasteiger partial charge is 0.316 e. The molecule has 0 spiro atoms. The molecule has 3 aromatic rings. The summed E-state index contributed by atoms with van der Waals surface area (Å²) >= 11 is 0. The monoisotopic (exact) mass is 226 g/mol. The maximum absolute atomic E-state index is 3.79. The van der Waals surface area contributed by atoms with Crippen LogP contribution in [0.25, 0.3) is 5.69 Å². The van der Waals surface area contributed by atoms with E-state index in [0.717, 1.165) is 12.2 Å². The Balaban J connectivity index is 1.89. The van der Waals surface area contributed by atoms with Crippen LogP contribution in [0.5, 0.6) is 0 Å². The summed E-state index contributed by atoms with van der Waals surface area (Å²) in [5.74, 6) is 0. The minimum Gasteiger partial charge on any atom is -0.316 e. The molecule has 3 rings (SSSR count). The Morgan fingerprint density at radius 1 is 0.882 bits per heavy atom. The standard InChI is InChI=1S/C11H10N6/c1-2-10(5-16-6-12-13-7-16)4-11(3-1)17-8-14-15-9-17/h1-4,6-9H,5H2. The number of hydrogen-bond acceptors (Lipinski definition) is 4. The Kier molecular flexibility index (Phi) is 2.38. The van der Waals surface area contributed by atoms with Gasteiger partial charge >= 0.3 is 0 Å². The van der Waals surface area contributed by atoms with Crippen LogP contribution in [0, 0.1) is 0 Å². The molecule has 0 saturated carbocycles. The highest BCUT2D eigenvalue weighted by molar-refractivity contribution is 5.35. The quantitative estimate of drug-likeness (QED) is 0.666. The second-order valence-electron chi connectivity index (χ2n) is 3.67. The van der Waals surface area contributed by atoms with E-state index in [4.69, 9.17) is 0 Å². The van der Waals surface area contributed by atoms with Gasteiger partial charge in [0.25, 0.3) is 0 Å². The van der Waals surface area contributed by atoms with E-state index in [0.29, 0.717) is 0 Å². The molecule has 2 heterocycles. The minimum absolute atomic E-state index is 0.753. The Hall–Kier alpha value is -2.50. The zero-order chi connectivity index (χ0) is 11.5. The molecule has 0 aliphatic heterocycles. The van der Waals surface area contributed by atoms with Gasteiger partial charge in [0, 0.05) is 5.69 Å². The van der Waals surface area contributed by atoms with E-state index in [1.165, 1.54) is 5.56 Å². The van der Waals surface area contributed by atoms with E-state index in [1.807, 2.05) is 21.3 Å². The highest BCUT2D eigenvalue weighted by Crippen LogP contribution is 2.10. The summed E-state index contributed by atoms with van der Waals surface area (Å²) in [6, 6.07) is 8.17. The lowest BCUT2D eigenvalue weighted by atomic mass is 10.2. The summed E-state index contributed by atoms with van der Waals surface area (Å²) in [7, 11) is 0. The molecule has 6 nitrogen and oxygen atoms in total.